The second-order valence-electron chi connectivity index (χ2n) is 5.62. The lowest BCUT2D eigenvalue weighted by Crippen LogP contribution is -2.49. The smallest absolute Gasteiger partial charge is 0.239 e. The number of carbonyl (C=O) groups excluding carboxylic acids is 1. The van der Waals surface area contributed by atoms with Crippen LogP contribution in [-0.2, 0) is 4.79 Å². The molecule has 1 atom stereocenters. The Bertz CT molecular complexity index is 271. The van der Waals surface area contributed by atoms with E-state index in [1.165, 1.54) is 0 Å². The zero-order valence-corrected chi connectivity index (χ0v) is 10.4. The predicted octanol–water partition coefficient (Wildman–Crippen LogP) is 0.278. The average Bonchev–Trinajstić information content (AvgIpc) is 2.62. The van der Waals surface area contributed by atoms with Crippen LogP contribution in [0.15, 0.2) is 0 Å². The first-order valence-electron chi connectivity index (χ1n) is 6.25. The van der Waals surface area contributed by atoms with Gasteiger partial charge in [-0.2, -0.15) is 0 Å². The van der Waals surface area contributed by atoms with E-state index in [1.54, 1.807) is 0 Å². The van der Waals surface area contributed by atoms with Crippen molar-refractivity contribution in [2.75, 3.05) is 33.2 Å². The number of likely N-dealkylation sites (N-methyl/N-ethyl adjacent to an activating group) is 1. The normalized spacial score (nSPS) is 31.1. The SMILES string of the molecule is CN1CCC(N2CCC(C)(CN)CC2)C1=O. The van der Waals surface area contributed by atoms with Crippen molar-refractivity contribution >= 4 is 5.91 Å². The van der Waals surface area contributed by atoms with Crippen molar-refractivity contribution in [1.29, 1.82) is 0 Å². The summed E-state index contributed by atoms with van der Waals surface area (Å²) in [4.78, 5) is 16.1. The van der Waals surface area contributed by atoms with Crippen LogP contribution in [0.3, 0.4) is 0 Å². The fraction of sp³-hybridized carbons (Fsp3) is 0.917. The third-order valence-electron chi connectivity index (χ3n) is 4.34. The number of nitrogens with zero attached hydrogens (tertiary/aromatic N) is 2. The van der Waals surface area contributed by atoms with Crippen LogP contribution in [-0.4, -0.2) is 55.0 Å². The molecule has 4 nitrogen and oxygen atoms in total. The number of rotatable bonds is 2. The molecule has 1 amide bonds. The number of amides is 1. The van der Waals surface area contributed by atoms with Gasteiger partial charge in [-0.05, 0) is 44.3 Å². The third kappa shape index (κ3) is 2.09. The molecule has 0 bridgehead atoms. The fourth-order valence-electron chi connectivity index (χ4n) is 2.72. The van der Waals surface area contributed by atoms with E-state index in [1.807, 2.05) is 11.9 Å². The highest BCUT2D eigenvalue weighted by Crippen LogP contribution is 2.31. The van der Waals surface area contributed by atoms with Crippen LogP contribution < -0.4 is 5.73 Å². The second kappa shape index (κ2) is 4.34. The molecule has 2 aliphatic rings. The molecule has 2 fully saturated rings. The Balaban J connectivity index is 1.92. The molecule has 2 rings (SSSR count). The lowest BCUT2D eigenvalue weighted by atomic mass is 9.80. The van der Waals surface area contributed by atoms with Crippen molar-refractivity contribution < 1.29 is 4.79 Å². The molecule has 0 aromatic heterocycles. The summed E-state index contributed by atoms with van der Waals surface area (Å²) in [5.41, 5.74) is 6.09. The highest BCUT2D eigenvalue weighted by Gasteiger charge is 2.38. The first-order chi connectivity index (χ1) is 7.56. The molecule has 2 aliphatic heterocycles. The summed E-state index contributed by atoms with van der Waals surface area (Å²) in [6.45, 7) is 5.98. The molecule has 1 unspecified atom stereocenters. The van der Waals surface area contributed by atoms with Crippen LogP contribution >= 0.6 is 0 Å². The van der Waals surface area contributed by atoms with Gasteiger partial charge in [-0.15, -0.1) is 0 Å². The van der Waals surface area contributed by atoms with Crippen LogP contribution in [0.5, 0.6) is 0 Å². The Morgan fingerprint density at radius 2 is 2.00 bits per heavy atom. The first-order valence-corrected chi connectivity index (χ1v) is 6.25. The van der Waals surface area contributed by atoms with Gasteiger partial charge in [0.1, 0.15) is 0 Å². The molecule has 0 saturated carbocycles. The molecule has 92 valence electrons. The van der Waals surface area contributed by atoms with Gasteiger partial charge < -0.3 is 10.6 Å². The summed E-state index contributed by atoms with van der Waals surface area (Å²) in [5, 5.41) is 0. The van der Waals surface area contributed by atoms with Crippen molar-refractivity contribution in [3.63, 3.8) is 0 Å². The highest BCUT2D eigenvalue weighted by molar-refractivity contribution is 5.83. The van der Waals surface area contributed by atoms with E-state index in [0.29, 0.717) is 11.3 Å². The number of piperidine rings is 1. The second-order valence-corrected chi connectivity index (χ2v) is 5.62. The summed E-state index contributed by atoms with van der Waals surface area (Å²) in [5.74, 6) is 0.302. The van der Waals surface area contributed by atoms with Gasteiger partial charge in [0.05, 0.1) is 6.04 Å². The van der Waals surface area contributed by atoms with Crippen molar-refractivity contribution in [1.82, 2.24) is 9.80 Å². The molecule has 4 heteroatoms. The van der Waals surface area contributed by atoms with E-state index >= 15 is 0 Å². The summed E-state index contributed by atoms with van der Waals surface area (Å²) >= 11 is 0. The van der Waals surface area contributed by atoms with Crippen LogP contribution in [0.1, 0.15) is 26.2 Å². The molecule has 2 N–H and O–H groups in total. The van der Waals surface area contributed by atoms with Gasteiger partial charge >= 0.3 is 0 Å². The molecule has 0 aromatic carbocycles. The monoisotopic (exact) mass is 225 g/mol. The molecule has 0 aliphatic carbocycles. The Morgan fingerprint density at radius 1 is 1.38 bits per heavy atom. The third-order valence-corrected chi connectivity index (χ3v) is 4.34. The van der Waals surface area contributed by atoms with E-state index in [4.69, 9.17) is 5.73 Å². The van der Waals surface area contributed by atoms with Gasteiger partial charge in [0.25, 0.3) is 0 Å². The van der Waals surface area contributed by atoms with Crippen molar-refractivity contribution in [2.45, 2.75) is 32.2 Å². The zero-order valence-electron chi connectivity index (χ0n) is 10.4. The van der Waals surface area contributed by atoms with Crippen LogP contribution in [0.2, 0.25) is 0 Å². The molecule has 2 saturated heterocycles. The molecule has 0 spiro atoms. The Labute approximate surface area is 97.8 Å². The van der Waals surface area contributed by atoms with E-state index in [9.17, 15) is 4.79 Å². The summed E-state index contributed by atoms with van der Waals surface area (Å²) in [6, 6.07) is 0.146. The van der Waals surface area contributed by atoms with Crippen molar-refractivity contribution in [2.24, 2.45) is 11.1 Å². The minimum Gasteiger partial charge on any atom is -0.344 e. The Kier molecular flexibility index (Phi) is 3.22. The van der Waals surface area contributed by atoms with Crippen molar-refractivity contribution in [3.8, 4) is 0 Å². The van der Waals surface area contributed by atoms with Crippen LogP contribution in [0.25, 0.3) is 0 Å². The first kappa shape index (κ1) is 11.9. The number of nitrogens with two attached hydrogens (primary N) is 1. The molecule has 0 radical (unpaired) electrons. The van der Waals surface area contributed by atoms with Gasteiger partial charge in [-0.25, -0.2) is 0 Å². The Hall–Kier alpha value is -0.610. The summed E-state index contributed by atoms with van der Waals surface area (Å²) in [6.07, 6.45) is 3.24. The molecular weight excluding hydrogens is 202 g/mol. The number of likely N-dealkylation sites (tertiary alicyclic amines) is 2. The van der Waals surface area contributed by atoms with Gasteiger partial charge in [-0.3, -0.25) is 9.69 Å². The van der Waals surface area contributed by atoms with E-state index in [0.717, 1.165) is 45.4 Å². The molecular formula is C12H23N3O. The summed E-state index contributed by atoms with van der Waals surface area (Å²) < 4.78 is 0. The van der Waals surface area contributed by atoms with Gasteiger partial charge in [0.15, 0.2) is 0 Å². The minimum atomic E-state index is 0.146. The maximum atomic E-state index is 11.9. The highest BCUT2D eigenvalue weighted by atomic mass is 16.2. The zero-order chi connectivity index (χ0) is 11.8. The van der Waals surface area contributed by atoms with E-state index < -0.39 is 0 Å². The van der Waals surface area contributed by atoms with E-state index in [2.05, 4.69) is 11.8 Å². The fourth-order valence-corrected chi connectivity index (χ4v) is 2.72. The van der Waals surface area contributed by atoms with Crippen LogP contribution in [0, 0.1) is 5.41 Å². The molecule has 2 heterocycles. The lowest BCUT2D eigenvalue weighted by Gasteiger charge is -2.40. The number of hydrogen-bond acceptors (Lipinski definition) is 3. The van der Waals surface area contributed by atoms with Gasteiger partial charge in [0, 0.05) is 13.6 Å². The van der Waals surface area contributed by atoms with E-state index in [-0.39, 0.29) is 6.04 Å². The predicted molar refractivity (Wildman–Crippen MR) is 64.0 cm³/mol. The average molecular weight is 225 g/mol. The number of hydrogen-bond donors (Lipinski definition) is 1. The summed E-state index contributed by atoms with van der Waals surface area (Å²) in [7, 11) is 1.90. The minimum absolute atomic E-state index is 0.146. The molecule has 0 aromatic rings. The maximum Gasteiger partial charge on any atom is 0.239 e. The Morgan fingerprint density at radius 3 is 2.44 bits per heavy atom. The van der Waals surface area contributed by atoms with Gasteiger partial charge in [-0.1, -0.05) is 6.92 Å². The number of carbonyl (C=O) groups is 1. The maximum absolute atomic E-state index is 11.9. The lowest BCUT2D eigenvalue weighted by molar-refractivity contribution is -0.131. The largest absolute Gasteiger partial charge is 0.344 e. The quantitative estimate of drug-likeness (QED) is 0.734. The molecule has 16 heavy (non-hydrogen) atoms. The van der Waals surface area contributed by atoms with Crippen LogP contribution in [0.4, 0.5) is 0 Å². The standard InChI is InChI=1S/C12H23N3O/c1-12(9-13)4-7-15(8-5-12)10-3-6-14(2)11(10)16/h10H,3-9,13H2,1-2H3. The van der Waals surface area contributed by atoms with Crippen molar-refractivity contribution in [3.05, 3.63) is 0 Å². The topological polar surface area (TPSA) is 49.6 Å². The van der Waals surface area contributed by atoms with Gasteiger partial charge in [0.2, 0.25) is 5.91 Å².